The monoisotopic (exact) mass is 488 g/mol. The molecule has 12 bridgehead atoms. The molecule has 0 spiro atoms. The lowest BCUT2D eigenvalue weighted by atomic mass is 10.1. The van der Waals surface area contributed by atoms with Crippen molar-refractivity contribution in [3.05, 3.63) is 144 Å². The summed E-state index contributed by atoms with van der Waals surface area (Å²) in [7, 11) is 0. The van der Waals surface area contributed by atoms with Gasteiger partial charge in [-0.25, -0.2) is 0 Å². The van der Waals surface area contributed by atoms with Gasteiger partial charge in [0.15, 0.2) is 0 Å². The zero-order chi connectivity index (χ0) is 25.3. The number of benzene rings is 4. The molecule has 0 saturated carbocycles. The van der Waals surface area contributed by atoms with Crippen LogP contribution in [-0.2, 0) is 0 Å². The standard InChI is InChI=1S/C36H24O2/c1-2-26-7-15-30(16-8-26)34-23-24-36(38-34)32-19-11-28(12-20-32)4-3-27-9-17-31(18-10-27)35-22-21-33(37-35)29-13-5-25(1)6-14-29/h1-24H/b2-1-,4-3-,25-1?,26-2?,27-3?,28-4?,33-29?,34-30?,35-31?,36-32?. The molecule has 2 heteroatoms. The molecule has 0 radical (unpaired) electrons. The van der Waals surface area contributed by atoms with E-state index in [0.717, 1.165) is 67.5 Å². The van der Waals surface area contributed by atoms with Crippen LogP contribution in [0.2, 0.25) is 0 Å². The second-order valence-corrected chi connectivity index (χ2v) is 9.48. The van der Waals surface area contributed by atoms with Crippen LogP contribution in [-0.4, -0.2) is 0 Å². The van der Waals surface area contributed by atoms with E-state index in [2.05, 4.69) is 121 Å². The normalized spacial score (nSPS) is 13.7. The maximum atomic E-state index is 6.20. The third-order valence-electron chi connectivity index (χ3n) is 6.93. The Hall–Kier alpha value is -5.08. The summed E-state index contributed by atoms with van der Waals surface area (Å²) in [5, 5.41) is 0. The zero-order valence-electron chi connectivity index (χ0n) is 20.7. The summed E-state index contributed by atoms with van der Waals surface area (Å²) < 4.78 is 12.4. The highest BCUT2D eigenvalue weighted by Gasteiger charge is 2.09. The maximum Gasteiger partial charge on any atom is 0.134 e. The molecular formula is C36H24O2. The topological polar surface area (TPSA) is 26.3 Å². The molecule has 0 aliphatic carbocycles. The van der Waals surface area contributed by atoms with Crippen molar-refractivity contribution in [3.63, 3.8) is 0 Å². The van der Waals surface area contributed by atoms with Gasteiger partial charge >= 0.3 is 0 Å². The van der Waals surface area contributed by atoms with Gasteiger partial charge in [-0.05, 0) is 46.5 Å². The van der Waals surface area contributed by atoms with Gasteiger partial charge in [0.1, 0.15) is 23.0 Å². The van der Waals surface area contributed by atoms with Crippen LogP contribution in [0.3, 0.4) is 0 Å². The molecule has 0 N–H and O–H groups in total. The first-order valence-electron chi connectivity index (χ1n) is 12.7. The van der Waals surface area contributed by atoms with Crippen molar-refractivity contribution < 1.29 is 8.83 Å². The molecule has 0 saturated heterocycles. The van der Waals surface area contributed by atoms with Crippen molar-refractivity contribution >= 4 is 24.3 Å². The lowest BCUT2D eigenvalue weighted by Crippen LogP contribution is -1.79. The maximum absolute atomic E-state index is 6.20. The molecule has 13 rings (SSSR count). The first kappa shape index (κ1) is 22.1. The smallest absolute Gasteiger partial charge is 0.134 e. The fourth-order valence-corrected chi connectivity index (χ4v) is 4.72. The van der Waals surface area contributed by atoms with Crippen LogP contribution in [0.25, 0.3) is 69.6 Å². The quantitative estimate of drug-likeness (QED) is 0.212. The van der Waals surface area contributed by atoms with E-state index in [-0.39, 0.29) is 0 Å². The second-order valence-electron chi connectivity index (χ2n) is 9.48. The fourth-order valence-electron chi connectivity index (χ4n) is 4.72. The fraction of sp³-hybridized carbons (Fsp3) is 0. The Balaban J connectivity index is 1.27. The Morgan fingerprint density at radius 1 is 0.237 bits per heavy atom. The highest BCUT2D eigenvalue weighted by Crippen LogP contribution is 2.31. The molecule has 0 fully saturated rings. The molecule has 0 unspecified atom stereocenters. The zero-order valence-corrected chi connectivity index (χ0v) is 20.7. The highest BCUT2D eigenvalue weighted by molar-refractivity contribution is 5.75. The summed E-state index contributed by atoms with van der Waals surface area (Å²) in [6.45, 7) is 0. The first-order valence-corrected chi connectivity index (χ1v) is 12.7. The van der Waals surface area contributed by atoms with Crippen molar-refractivity contribution in [2.45, 2.75) is 0 Å². The van der Waals surface area contributed by atoms with Crippen molar-refractivity contribution in [1.82, 2.24) is 0 Å². The Morgan fingerprint density at radius 2 is 0.447 bits per heavy atom. The van der Waals surface area contributed by atoms with Crippen LogP contribution < -0.4 is 0 Å². The largest absolute Gasteiger partial charge is 0.456 e. The average molecular weight is 489 g/mol. The van der Waals surface area contributed by atoms with E-state index in [1.54, 1.807) is 0 Å². The van der Waals surface area contributed by atoms with Crippen molar-refractivity contribution in [2.75, 3.05) is 0 Å². The van der Waals surface area contributed by atoms with E-state index in [1.165, 1.54) is 0 Å². The van der Waals surface area contributed by atoms with Gasteiger partial charge in [-0.3, -0.25) is 0 Å². The van der Waals surface area contributed by atoms with E-state index in [0.29, 0.717) is 0 Å². The number of hydrogen-bond acceptors (Lipinski definition) is 2. The third-order valence-corrected chi connectivity index (χ3v) is 6.93. The predicted octanol–water partition coefficient (Wildman–Crippen LogP) is 10.2. The summed E-state index contributed by atoms with van der Waals surface area (Å²) in [6.07, 6.45) is 8.50. The summed E-state index contributed by atoms with van der Waals surface area (Å²) in [6, 6.07) is 41.9. The Morgan fingerprint density at radius 3 is 0.658 bits per heavy atom. The Labute approximate surface area is 221 Å². The third kappa shape index (κ3) is 4.44. The van der Waals surface area contributed by atoms with E-state index in [9.17, 15) is 0 Å². The molecule has 0 atom stereocenters. The molecule has 7 aliphatic rings. The van der Waals surface area contributed by atoms with Crippen LogP contribution in [0.1, 0.15) is 22.3 Å². The van der Waals surface area contributed by atoms with Crippen LogP contribution in [0.15, 0.2) is 130 Å². The van der Waals surface area contributed by atoms with Crippen molar-refractivity contribution in [3.8, 4) is 45.3 Å². The van der Waals surface area contributed by atoms with Gasteiger partial charge in [-0.1, -0.05) is 121 Å². The highest BCUT2D eigenvalue weighted by atomic mass is 16.3. The van der Waals surface area contributed by atoms with Gasteiger partial charge in [0.25, 0.3) is 0 Å². The minimum atomic E-state index is 0.862. The molecule has 38 heavy (non-hydrogen) atoms. The van der Waals surface area contributed by atoms with E-state index < -0.39 is 0 Å². The van der Waals surface area contributed by atoms with Crippen LogP contribution in [0.5, 0.6) is 0 Å². The van der Waals surface area contributed by atoms with Gasteiger partial charge in [-0.15, -0.1) is 0 Å². The predicted molar refractivity (Wildman–Crippen MR) is 157 cm³/mol. The SMILES string of the molecule is C1=C\c2ccc(cc2)-c2ccc(o2)-c2ccc(cc2)/C=C\c2ccc(cc2)-c2ccc(o2)-c2ccc/1cc2. The number of rotatable bonds is 0. The number of hydrogen-bond donors (Lipinski definition) is 0. The van der Waals surface area contributed by atoms with E-state index in [1.807, 2.05) is 24.3 Å². The van der Waals surface area contributed by atoms with Crippen molar-refractivity contribution in [2.24, 2.45) is 0 Å². The molecule has 6 aromatic rings. The van der Waals surface area contributed by atoms with E-state index >= 15 is 0 Å². The summed E-state index contributed by atoms with van der Waals surface area (Å²) >= 11 is 0. The molecule has 9 heterocycles. The lowest BCUT2D eigenvalue weighted by molar-refractivity contribution is 0.597. The average Bonchev–Trinajstić information content (AvgIpc) is 3.67. The molecule has 180 valence electrons. The van der Waals surface area contributed by atoms with Crippen LogP contribution in [0.4, 0.5) is 0 Å². The second kappa shape index (κ2) is 9.42. The van der Waals surface area contributed by atoms with Gasteiger partial charge in [-0.2, -0.15) is 0 Å². The van der Waals surface area contributed by atoms with Gasteiger partial charge in [0.05, 0.1) is 0 Å². The molecule has 7 aliphatic heterocycles. The molecule has 0 amide bonds. The minimum absolute atomic E-state index is 0.862. The van der Waals surface area contributed by atoms with Crippen LogP contribution >= 0.6 is 0 Å². The molecule has 2 nitrogen and oxygen atoms in total. The summed E-state index contributed by atoms with van der Waals surface area (Å²) in [5.41, 5.74) is 8.77. The van der Waals surface area contributed by atoms with Gasteiger partial charge in [0, 0.05) is 22.3 Å². The summed E-state index contributed by atoms with van der Waals surface area (Å²) in [4.78, 5) is 0. The molecule has 4 aromatic carbocycles. The Bertz CT molecular complexity index is 1490. The lowest BCUT2D eigenvalue weighted by Gasteiger charge is -2.02. The minimum Gasteiger partial charge on any atom is -0.456 e. The van der Waals surface area contributed by atoms with E-state index in [4.69, 9.17) is 8.83 Å². The first-order chi connectivity index (χ1) is 18.8. The van der Waals surface area contributed by atoms with Crippen LogP contribution in [0, 0.1) is 0 Å². The summed E-state index contributed by atoms with van der Waals surface area (Å²) in [5.74, 6) is 3.45. The van der Waals surface area contributed by atoms with Gasteiger partial charge < -0.3 is 8.83 Å². The van der Waals surface area contributed by atoms with Crippen molar-refractivity contribution in [1.29, 1.82) is 0 Å². The van der Waals surface area contributed by atoms with Gasteiger partial charge in [0.2, 0.25) is 0 Å². The molecular weight excluding hydrogens is 464 g/mol. The number of furan rings is 2. The Kier molecular flexibility index (Phi) is 5.49. The molecule has 2 aromatic heterocycles.